The van der Waals surface area contributed by atoms with Crippen molar-refractivity contribution in [3.63, 3.8) is 0 Å². The first-order chi connectivity index (χ1) is 14.5. The molecule has 2 atom stereocenters. The molecular formula is C21H27N5O4. The van der Waals surface area contributed by atoms with Crippen molar-refractivity contribution in [1.29, 1.82) is 0 Å². The maximum atomic E-state index is 13.1. The number of hydrogen-bond acceptors (Lipinski definition) is 5. The molecule has 1 unspecified atom stereocenters. The number of nitrogens with two attached hydrogens (primary N) is 1. The highest BCUT2D eigenvalue weighted by Gasteiger charge is 2.29. The summed E-state index contributed by atoms with van der Waals surface area (Å²) in [5, 5.41) is 2.73. The molecule has 1 aromatic carbocycles. The number of nitrogens with one attached hydrogen (secondary N) is 2. The van der Waals surface area contributed by atoms with Gasteiger partial charge >= 0.3 is 0 Å². The predicted octanol–water partition coefficient (Wildman–Crippen LogP) is 0.0301. The molecule has 1 saturated heterocycles. The zero-order valence-electron chi connectivity index (χ0n) is 16.8. The van der Waals surface area contributed by atoms with Crippen LogP contribution in [0.3, 0.4) is 0 Å². The second-order valence-corrected chi connectivity index (χ2v) is 7.33. The van der Waals surface area contributed by atoms with E-state index in [0.29, 0.717) is 38.4 Å². The van der Waals surface area contributed by atoms with Gasteiger partial charge in [0, 0.05) is 37.8 Å². The zero-order chi connectivity index (χ0) is 21.3. The highest BCUT2D eigenvalue weighted by Crippen LogP contribution is 2.16. The van der Waals surface area contributed by atoms with Crippen LogP contribution in [-0.4, -0.2) is 64.9 Å². The standard InChI is InChI=1S/C21H27N5O4/c22-20(28)18(12-17-13-23-14-24-17)25-21(29)16(10-15-4-2-1-3-5-15)11-19(27)26-6-8-30-9-7-26/h1-5,13-14,16,18H,6-12H2,(H2,22,28)(H,23,24)(H,25,29)/t16-,18?/m0/s1. The third kappa shape index (κ3) is 6.15. The highest BCUT2D eigenvalue weighted by molar-refractivity contribution is 5.90. The summed E-state index contributed by atoms with van der Waals surface area (Å²) >= 11 is 0. The van der Waals surface area contributed by atoms with E-state index in [9.17, 15) is 14.4 Å². The maximum Gasteiger partial charge on any atom is 0.240 e. The number of hydrogen-bond donors (Lipinski definition) is 3. The molecule has 0 aliphatic carbocycles. The molecule has 9 heteroatoms. The smallest absolute Gasteiger partial charge is 0.240 e. The minimum Gasteiger partial charge on any atom is -0.378 e. The number of carbonyl (C=O) groups excluding carboxylic acids is 3. The van der Waals surface area contributed by atoms with E-state index in [1.54, 1.807) is 11.1 Å². The Morgan fingerprint density at radius 1 is 1.17 bits per heavy atom. The molecule has 0 spiro atoms. The Labute approximate surface area is 175 Å². The average molecular weight is 413 g/mol. The number of aromatic nitrogens is 2. The van der Waals surface area contributed by atoms with Crippen molar-refractivity contribution in [2.75, 3.05) is 26.3 Å². The van der Waals surface area contributed by atoms with Crippen LogP contribution < -0.4 is 11.1 Å². The molecule has 2 aromatic rings. The van der Waals surface area contributed by atoms with Gasteiger partial charge in [0.15, 0.2) is 0 Å². The van der Waals surface area contributed by atoms with Gasteiger partial charge in [0.1, 0.15) is 6.04 Å². The topological polar surface area (TPSA) is 130 Å². The first-order valence-corrected chi connectivity index (χ1v) is 9.99. The number of nitrogens with zero attached hydrogens (tertiary/aromatic N) is 2. The number of ether oxygens (including phenoxy) is 1. The first kappa shape index (κ1) is 21.5. The van der Waals surface area contributed by atoms with E-state index in [4.69, 9.17) is 10.5 Å². The summed E-state index contributed by atoms with van der Waals surface area (Å²) in [6.45, 7) is 2.02. The lowest BCUT2D eigenvalue weighted by atomic mass is 9.94. The zero-order valence-corrected chi connectivity index (χ0v) is 16.8. The van der Waals surface area contributed by atoms with Crippen molar-refractivity contribution >= 4 is 17.7 Å². The molecule has 9 nitrogen and oxygen atoms in total. The third-order valence-corrected chi connectivity index (χ3v) is 5.12. The van der Waals surface area contributed by atoms with Crippen molar-refractivity contribution in [2.24, 2.45) is 11.7 Å². The molecule has 0 saturated carbocycles. The number of aromatic amines is 1. The fourth-order valence-electron chi connectivity index (χ4n) is 3.44. The number of carbonyl (C=O) groups is 3. The summed E-state index contributed by atoms with van der Waals surface area (Å²) in [5.41, 5.74) is 7.12. The van der Waals surface area contributed by atoms with Gasteiger partial charge in [-0.2, -0.15) is 0 Å². The molecule has 0 bridgehead atoms. The van der Waals surface area contributed by atoms with E-state index in [-0.39, 0.29) is 24.7 Å². The number of primary amides is 1. The number of rotatable bonds is 9. The molecule has 1 aromatic heterocycles. The fourth-order valence-corrected chi connectivity index (χ4v) is 3.44. The number of morpholine rings is 1. The molecule has 4 N–H and O–H groups in total. The largest absolute Gasteiger partial charge is 0.378 e. The van der Waals surface area contributed by atoms with Crippen LogP contribution in [0, 0.1) is 5.92 Å². The van der Waals surface area contributed by atoms with Gasteiger partial charge in [0.05, 0.1) is 25.5 Å². The molecule has 1 aliphatic rings. The maximum absolute atomic E-state index is 13.1. The molecule has 2 heterocycles. The molecular weight excluding hydrogens is 386 g/mol. The SMILES string of the molecule is NC(=O)C(Cc1cnc[nH]1)NC(=O)[C@H](CC(=O)N1CCOCC1)Cc1ccccc1. The molecule has 3 amide bonds. The first-order valence-electron chi connectivity index (χ1n) is 9.99. The van der Waals surface area contributed by atoms with Crippen LogP contribution in [0.25, 0.3) is 0 Å². The van der Waals surface area contributed by atoms with Crippen LogP contribution in [-0.2, 0) is 32.0 Å². The molecule has 1 fully saturated rings. The lowest BCUT2D eigenvalue weighted by molar-refractivity contribution is -0.139. The van der Waals surface area contributed by atoms with Gasteiger partial charge in [0.25, 0.3) is 0 Å². The van der Waals surface area contributed by atoms with Crippen molar-refractivity contribution in [2.45, 2.75) is 25.3 Å². The Balaban J connectivity index is 1.70. The van der Waals surface area contributed by atoms with Crippen LogP contribution in [0.2, 0.25) is 0 Å². The van der Waals surface area contributed by atoms with Gasteiger partial charge in [-0.05, 0) is 12.0 Å². The Kier molecular flexibility index (Phi) is 7.56. The highest BCUT2D eigenvalue weighted by atomic mass is 16.5. The predicted molar refractivity (Wildman–Crippen MR) is 109 cm³/mol. The Morgan fingerprint density at radius 2 is 1.90 bits per heavy atom. The summed E-state index contributed by atoms with van der Waals surface area (Å²) in [6.07, 6.45) is 3.71. The molecule has 3 rings (SSSR count). The van der Waals surface area contributed by atoms with Crippen LogP contribution >= 0.6 is 0 Å². The molecule has 0 radical (unpaired) electrons. The quantitative estimate of drug-likeness (QED) is 0.534. The van der Waals surface area contributed by atoms with Gasteiger partial charge < -0.3 is 25.7 Å². The number of imidazole rings is 1. The second-order valence-electron chi connectivity index (χ2n) is 7.33. The van der Waals surface area contributed by atoms with Crippen LogP contribution in [0.1, 0.15) is 17.7 Å². The van der Waals surface area contributed by atoms with Crippen LogP contribution in [0.5, 0.6) is 0 Å². The van der Waals surface area contributed by atoms with Crippen LogP contribution in [0.15, 0.2) is 42.9 Å². The van der Waals surface area contributed by atoms with E-state index < -0.39 is 17.9 Å². The van der Waals surface area contributed by atoms with E-state index in [1.807, 2.05) is 30.3 Å². The van der Waals surface area contributed by atoms with Crippen molar-refractivity contribution < 1.29 is 19.1 Å². The normalized spacial score (nSPS) is 15.9. The Morgan fingerprint density at radius 3 is 2.53 bits per heavy atom. The summed E-state index contributed by atoms with van der Waals surface area (Å²) in [7, 11) is 0. The lowest BCUT2D eigenvalue weighted by Gasteiger charge is -2.28. The third-order valence-electron chi connectivity index (χ3n) is 5.12. The van der Waals surface area contributed by atoms with Crippen molar-refractivity contribution in [3.8, 4) is 0 Å². The van der Waals surface area contributed by atoms with Gasteiger partial charge in [-0.25, -0.2) is 4.98 Å². The fraction of sp³-hybridized carbons (Fsp3) is 0.429. The van der Waals surface area contributed by atoms with E-state index in [1.165, 1.54) is 6.33 Å². The minimum absolute atomic E-state index is 0.0519. The minimum atomic E-state index is -0.894. The van der Waals surface area contributed by atoms with E-state index in [0.717, 1.165) is 5.56 Å². The molecule has 30 heavy (non-hydrogen) atoms. The van der Waals surface area contributed by atoms with Gasteiger partial charge in [-0.15, -0.1) is 0 Å². The number of benzene rings is 1. The van der Waals surface area contributed by atoms with Gasteiger partial charge in [-0.1, -0.05) is 30.3 Å². The van der Waals surface area contributed by atoms with Crippen molar-refractivity contribution in [3.05, 3.63) is 54.1 Å². The summed E-state index contributed by atoms with van der Waals surface area (Å²) in [4.78, 5) is 46.3. The van der Waals surface area contributed by atoms with Gasteiger partial charge in [-0.3, -0.25) is 14.4 Å². The molecule has 1 aliphatic heterocycles. The van der Waals surface area contributed by atoms with Crippen molar-refractivity contribution in [1.82, 2.24) is 20.2 Å². The summed E-state index contributed by atoms with van der Waals surface area (Å²) in [5.74, 6) is -1.73. The monoisotopic (exact) mass is 413 g/mol. The number of amides is 3. The summed E-state index contributed by atoms with van der Waals surface area (Å²) in [6, 6.07) is 8.60. The average Bonchev–Trinajstić information content (AvgIpc) is 3.27. The number of H-pyrrole nitrogens is 1. The van der Waals surface area contributed by atoms with Crippen LogP contribution in [0.4, 0.5) is 0 Å². The van der Waals surface area contributed by atoms with Gasteiger partial charge in [0.2, 0.25) is 17.7 Å². The second kappa shape index (κ2) is 10.5. The van der Waals surface area contributed by atoms with E-state index >= 15 is 0 Å². The Bertz CT molecular complexity index is 834. The lowest BCUT2D eigenvalue weighted by Crippen LogP contribution is -2.49. The summed E-state index contributed by atoms with van der Waals surface area (Å²) < 4.78 is 5.29. The molecule has 160 valence electrons. The van der Waals surface area contributed by atoms with E-state index in [2.05, 4.69) is 15.3 Å². The Hall–Kier alpha value is -3.20.